The van der Waals surface area contributed by atoms with Gasteiger partial charge < -0.3 is 14.8 Å². The molecule has 0 unspecified atom stereocenters. The number of hydrogen-bond acceptors (Lipinski definition) is 3. The fraction of sp³-hybridized carbons (Fsp3) is 0.316. The Labute approximate surface area is 137 Å². The van der Waals surface area contributed by atoms with E-state index in [1.807, 2.05) is 67.6 Å². The molecule has 1 N–H and O–H groups in total. The molecule has 0 radical (unpaired) electrons. The molecular weight excluding hydrogens is 290 g/mol. The Morgan fingerprint density at radius 1 is 1.00 bits per heavy atom. The molecule has 2 aromatic rings. The van der Waals surface area contributed by atoms with Crippen molar-refractivity contribution in [3.8, 4) is 0 Å². The molecule has 2 rings (SSSR count). The molecule has 0 heterocycles. The van der Waals surface area contributed by atoms with Crippen LogP contribution in [0.4, 0.5) is 0 Å². The van der Waals surface area contributed by atoms with Crippen molar-refractivity contribution in [2.45, 2.75) is 19.1 Å². The van der Waals surface area contributed by atoms with Gasteiger partial charge in [-0.2, -0.15) is 0 Å². The van der Waals surface area contributed by atoms with E-state index in [1.54, 1.807) is 7.11 Å². The van der Waals surface area contributed by atoms with Crippen LogP contribution >= 0.6 is 0 Å². The predicted molar refractivity (Wildman–Crippen MR) is 90.2 cm³/mol. The van der Waals surface area contributed by atoms with Gasteiger partial charge in [-0.25, -0.2) is 0 Å². The first-order valence-corrected chi connectivity index (χ1v) is 7.70. The molecule has 0 aliphatic heterocycles. The molecule has 1 amide bonds. The van der Waals surface area contributed by atoms with E-state index in [-0.39, 0.29) is 24.7 Å². The second-order valence-corrected chi connectivity index (χ2v) is 5.44. The van der Waals surface area contributed by atoms with Crippen LogP contribution in [0.3, 0.4) is 0 Å². The lowest BCUT2D eigenvalue weighted by atomic mass is 10.0. The summed E-state index contributed by atoms with van der Waals surface area (Å²) < 4.78 is 10.9. The Bertz CT molecular complexity index is 547. The first-order valence-electron chi connectivity index (χ1n) is 7.70. The second-order valence-electron chi connectivity index (χ2n) is 5.44. The average Bonchev–Trinajstić information content (AvgIpc) is 2.57. The summed E-state index contributed by atoms with van der Waals surface area (Å²) in [5.74, 6) is -0.147. The molecule has 0 saturated heterocycles. The number of nitrogens with one attached hydrogen (secondary N) is 1. The van der Waals surface area contributed by atoms with Crippen LogP contribution in [0.5, 0.6) is 0 Å². The molecule has 0 spiro atoms. The lowest BCUT2D eigenvalue weighted by Crippen LogP contribution is -2.38. The third-order valence-electron chi connectivity index (χ3n) is 3.41. The van der Waals surface area contributed by atoms with Crippen molar-refractivity contribution in [1.29, 1.82) is 0 Å². The number of methoxy groups -OCH3 is 1. The maximum absolute atomic E-state index is 12.0. The zero-order chi connectivity index (χ0) is 16.5. The molecule has 0 bridgehead atoms. The molecule has 0 saturated carbocycles. The van der Waals surface area contributed by atoms with E-state index in [0.717, 1.165) is 11.1 Å². The van der Waals surface area contributed by atoms with Crippen molar-refractivity contribution in [1.82, 2.24) is 5.32 Å². The van der Waals surface area contributed by atoms with Crippen molar-refractivity contribution < 1.29 is 14.3 Å². The molecule has 4 heteroatoms. The lowest BCUT2D eigenvalue weighted by molar-refractivity contribution is -0.128. The molecule has 4 nitrogen and oxygen atoms in total. The van der Waals surface area contributed by atoms with E-state index >= 15 is 0 Å². The first-order chi connectivity index (χ1) is 11.2. The summed E-state index contributed by atoms with van der Waals surface area (Å²) in [6.45, 7) is 2.38. The lowest BCUT2D eigenvalue weighted by Gasteiger charge is -2.20. The van der Waals surface area contributed by atoms with Gasteiger partial charge >= 0.3 is 0 Å². The summed E-state index contributed by atoms with van der Waals surface area (Å²) in [6.07, 6.45) is -0.263. The third-order valence-corrected chi connectivity index (χ3v) is 3.41. The van der Waals surface area contributed by atoms with Crippen LogP contribution < -0.4 is 5.32 Å². The van der Waals surface area contributed by atoms with Gasteiger partial charge in [0.2, 0.25) is 5.91 Å². The van der Waals surface area contributed by atoms with Crippen LogP contribution in [-0.2, 0) is 14.3 Å². The van der Waals surface area contributed by atoms with Crippen LogP contribution in [-0.4, -0.2) is 32.3 Å². The number of carbonyl (C=O) groups excluding carboxylic acids is 1. The number of carbonyl (C=O) groups is 1. The Hall–Kier alpha value is -2.17. The van der Waals surface area contributed by atoms with Crippen LogP contribution in [0, 0.1) is 0 Å². The van der Waals surface area contributed by atoms with Gasteiger partial charge in [0, 0.05) is 13.2 Å². The van der Waals surface area contributed by atoms with E-state index in [0.29, 0.717) is 6.61 Å². The SMILES string of the molecule is COC[C@@H](C)NC(=O)COC(c1ccccc1)c1ccccc1. The monoisotopic (exact) mass is 313 g/mol. The number of rotatable bonds is 8. The van der Waals surface area contributed by atoms with Crippen molar-refractivity contribution in [2.75, 3.05) is 20.3 Å². The van der Waals surface area contributed by atoms with E-state index in [1.165, 1.54) is 0 Å². The molecule has 1 atom stereocenters. The number of ether oxygens (including phenoxy) is 2. The highest BCUT2D eigenvalue weighted by Crippen LogP contribution is 2.25. The summed E-state index contributed by atoms with van der Waals surface area (Å²) in [5.41, 5.74) is 2.05. The Morgan fingerprint density at radius 3 is 2.00 bits per heavy atom. The van der Waals surface area contributed by atoms with E-state index < -0.39 is 0 Å². The summed E-state index contributed by atoms with van der Waals surface area (Å²) >= 11 is 0. The zero-order valence-corrected chi connectivity index (χ0v) is 13.6. The molecule has 2 aromatic carbocycles. The Kier molecular flexibility index (Phi) is 6.78. The highest BCUT2D eigenvalue weighted by molar-refractivity contribution is 5.77. The van der Waals surface area contributed by atoms with Gasteiger partial charge in [0.25, 0.3) is 0 Å². The van der Waals surface area contributed by atoms with Gasteiger partial charge in [-0.15, -0.1) is 0 Å². The average molecular weight is 313 g/mol. The minimum Gasteiger partial charge on any atom is -0.383 e. The van der Waals surface area contributed by atoms with Gasteiger partial charge in [-0.3, -0.25) is 4.79 Å². The van der Waals surface area contributed by atoms with Crippen LogP contribution in [0.1, 0.15) is 24.2 Å². The van der Waals surface area contributed by atoms with Crippen LogP contribution in [0.25, 0.3) is 0 Å². The van der Waals surface area contributed by atoms with Crippen LogP contribution in [0.15, 0.2) is 60.7 Å². The first kappa shape index (κ1) is 17.2. The molecule has 0 fully saturated rings. The highest BCUT2D eigenvalue weighted by atomic mass is 16.5. The summed E-state index contributed by atoms with van der Waals surface area (Å²) in [6, 6.07) is 19.8. The highest BCUT2D eigenvalue weighted by Gasteiger charge is 2.16. The summed E-state index contributed by atoms with van der Waals surface area (Å²) in [5, 5.41) is 2.85. The fourth-order valence-electron chi connectivity index (χ4n) is 2.41. The smallest absolute Gasteiger partial charge is 0.246 e. The van der Waals surface area contributed by atoms with Crippen molar-refractivity contribution in [2.24, 2.45) is 0 Å². The largest absolute Gasteiger partial charge is 0.383 e. The van der Waals surface area contributed by atoms with E-state index in [4.69, 9.17) is 9.47 Å². The standard InChI is InChI=1S/C19H23NO3/c1-15(13-22-2)20-18(21)14-23-19(16-9-5-3-6-10-16)17-11-7-4-8-12-17/h3-12,15,19H,13-14H2,1-2H3,(H,20,21)/t15-/m1/s1. The van der Waals surface area contributed by atoms with Gasteiger partial charge in [0.05, 0.1) is 6.61 Å². The number of hydrogen-bond donors (Lipinski definition) is 1. The van der Waals surface area contributed by atoms with Crippen molar-refractivity contribution >= 4 is 5.91 Å². The molecule has 0 aliphatic rings. The minimum atomic E-state index is -0.263. The van der Waals surface area contributed by atoms with Gasteiger partial charge in [0.15, 0.2) is 0 Å². The van der Waals surface area contributed by atoms with Crippen molar-refractivity contribution in [3.05, 3.63) is 71.8 Å². The van der Waals surface area contributed by atoms with Crippen molar-refractivity contribution in [3.63, 3.8) is 0 Å². The summed E-state index contributed by atoms with van der Waals surface area (Å²) in [7, 11) is 1.61. The zero-order valence-electron chi connectivity index (χ0n) is 13.6. The fourth-order valence-corrected chi connectivity index (χ4v) is 2.41. The van der Waals surface area contributed by atoms with E-state index in [9.17, 15) is 4.79 Å². The molecule has 122 valence electrons. The second kappa shape index (κ2) is 9.08. The van der Waals surface area contributed by atoms with E-state index in [2.05, 4.69) is 5.32 Å². The number of amides is 1. The quantitative estimate of drug-likeness (QED) is 0.815. The minimum absolute atomic E-state index is 0.00249. The predicted octanol–water partition coefficient (Wildman–Crippen LogP) is 2.94. The summed E-state index contributed by atoms with van der Waals surface area (Å²) in [4.78, 5) is 12.0. The van der Waals surface area contributed by atoms with Gasteiger partial charge in [0.1, 0.15) is 12.7 Å². The Balaban J connectivity index is 2.03. The van der Waals surface area contributed by atoms with Gasteiger partial charge in [-0.05, 0) is 18.1 Å². The maximum atomic E-state index is 12.0. The topological polar surface area (TPSA) is 47.6 Å². The Morgan fingerprint density at radius 2 is 1.52 bits per heavy atom. The molecule has 0 aromatic heterocycles. The molecule has 0 aliphatic carbocycles. The molecule has 23 heavy (non-hydrogen) atoms. The maximum Gasteiger partial charge on any atom is 0.246 e. The van der Waals surface area contributed by atoms with Gasteiger partial charge in [-0.1, -0.05) is 60.7 Å². The normalized spacial score (nSPS) is 12.1. The molecular formula is C19H23NO3. The van der Waals surface area contributed by atoms with Crippen LogP contribution in [0.2, 0.25) is 0 Å². The number of benzene rings is 2. The third kappa shape index (κ3) is 5.51.